The fourth-order valence-electron chi connectivity index (χ4n) is 3.17. The van der Waals surface area contributed by atoms with Crippen molar-refractivity contribution in [3.05, 3.63) is 29.8 Å². The number of hydrogen-bond acceptors (Lipinski definition) is 4. The largest absolute Gasteiger partial charge is 0.368 e. The monoisotopic (exact) mass is 352 g/mol. The topological polar surface area (TPSA) is 66.9 Å². The highest BCUT2D eigenvalue weighted by Gasteiger charge is 2.33. The molecule has 2 saturated heterocycles. The van der Waals surface area contributed by atoms with Crippen molar-refractivity contribution < 1.29 is 17.9 Å². The standard InChI is InChI=1S/C17H24N2O4S/c1-2-14-5-7-15(8-6-14)24(21,22)19-11-9-18(10-12-19)17(20)16-4-3-13-23-16/h5-8,16H,2-4,9-13H2,1H3/t16-/m0/s1. The van der Waals surface area contributed by atoms with E-state index in [9.17, 15) is 13.2 Å². The number of aryl methyl sites for hydroxylation is 1. The van der Waals surface area contributed by atoms with Crippen LogP contribution in [0, 0.1) is 0 Å². The average Bonchev–Trinajstić information content (AvgIpc) is 3.16. The lowest BCUT2D eigenvalue weighted by Gasteiger charge is -2.35. The van der Waals surface area contributed by atoms with Crippen molar-refractivity contribution in [1.82, 2.24) is 9.21 Å². The molecule has 132 valence electrons. The summed E-state index contributed by atoms with van der Waals surface area (Å²) in [6, 6.07) is 7.03. The first-order chi connectivity index (χ1) is 11.5. The number of hydrogen-bond donors (Lipinski definition) is 0. The molecule has 2 aliphatic rings. The number of amides is 1. The van der Waals surface area contributed by atoms with Crippen molar-refractivity contribution in [2.75, 3.05) is 32.8 Å². The van der Waals surface area contributed by atoms with Gasteiger partial charge in [-0.3, -0.25) is 4.79 Å². The maximum Gasteiger partial charge on any atom is 0.251 e. The van der Waals surface area contributed by atoms with Crippen LogP contribution in [-0.4, -0.2) is 62.4 Å². The van der Waals surface area contributed by atoms with E-state index in [2.05, 4.69) is 0 Å². The summed E-state index contributed by atoms with van der Waals surface area (Å²) >= 11 is 0. The van der Waals surface area contributed by atoms with Crippen LogP contribution >= 0.6 is 0 Å². The second-order valence-electron chi connectivity index (χ2n) is 6.23. The molecule has 1 aromatic carbocycles. The zero-order valence-corrected chi connectivity index (χ0v) is 14.8. The van der Waals surface area contributed by atoms with Gasteiger partial charge in [-0.2, -0.15) is 4.31 Å². The highest BCUT2D eigenvalue weighted by Crippen LogP contribution is 2.20. The number of sulfonamides is 1. The molecule has 6 nitrogen and oxygen atoms in total. The van der Waals surface area contributed by atoms with Crippen molar-refractivity contribution in [2.45, 2.75) is 37.2 Å². The van der Waals surface area contributed by atoms with E-state index in [1.807, 2.05) is 19.1 Å². The molecule has 2 heterocycles. The van der Waals surface area contributed by atoms with E-state index >= 15 is 0 Å². The van der Waals surface area contributed by atoms with E-state index in [0.29, 0.717) is 37.7 Å². The molecule has 3 rings (SSSR count). The summed E-state index contributed by atoms with van der Waals surface area (Å²) in [5, 5.41) is 0. The smallest absolute Gasteiger partial charge is 0.251 e. The molecule has 0 saturated carbocycles. The molecule has 0 bridgehead atoms. The van der Waals surface area contributed by atoms with Gasteiger partial charge in [-0.15, -0.1) is 0 Å². The number of benzene rings is 1. The maximum absolute atomic E-state index is 12.7. The summed E-state index contributed by atoms with van der Waals surface area (Å²) < 4.78 is 32.3. The summed E-state index contributed by atoms with van der Waals surface area (Å²) in [4.78, 5) is 14.4. The molecule has 24 heavy (non-hydrogen) atoms. The van der Waals surface area contributed by atoms with Gasteiger partial charge in [0.25, 0.3) is 5.91 Å². The Bertz CT molecular complexity index is 673. The molecule has 0 aromatic heterocycles. The van der Waals surface area contributed by atoms with E-state index < -0.39 is 10.0 Å². The second kappa shape index (κ2) is 7.21. The highest BCUT2D eigenvalue weighted by molar-refractivity contribution is 7.89. The van der Waals surface area contributed by atoms with Crippen LogP contribution in [0.1, 0.15) is 25.3 Å². The van der Waals surface area contributed by atoms with Crippen LogP contribution in [0.2, 0.25) is 0 Å². The Morgan fingerprint density at radius 2 is 1.83 bits per heavy atom. The number of carbonyl (C=O) groups excluding carboxylic acids is 1. The summed E-state index contributed by atoms with van der Waals surface area (Å²) in [7, 11) is -3.49. The molecule has 0 aliphatic carbocycles. The van der Waals surface area contributed by atoms with Crippen LogP contribution in [0.15, 0.2) is 29.2 Å². The van der Waals surface area contributed by atoms with Crippen molar-refractivity contribution in [3.63, 3.8) is 0 Å². The normalized spacial score (nSPS) is 22.7. The maximum atomic E-state index is 12.7. The first kappa shape index (κ1) is 17.4. The molecule has 1 amide bonds. The van der Waals surface area contributed by atoms with Gasteiger partial charge >= 0.3 is 0 Å². The van der Waals surface area contributed by atoms with E-state index in [0.717, 1.165) is 24.8 Å². The minimum Gasteiger partial charge on any atom is -0.368 e. The summed E-state index contributed by atoms with van der Waals surface area (Å²) in [5.41, 5.74) is 1.11. The van der Waals surface area contributed by atoms with Gasteiger partial charge in [0.15, 0.2) is 0 Å². The Morgan fingerprint density at radius 3 is 2.38 bits per heavy atom. The predicted molar refractivity (Wildman–Crippen MR) is 90.1 cm³/mol. The van der Waals surface area contributed by atoms with Crippen molar-refractivity contribution >= 4 is 15.9 Å². The molecule has 0 spiro atoms. The van der Waals surface area contributed by atoms with Crippen LogP contribution < -0.4 is 0 Å². The van der Waals surface area contributed by atoms with Gasteiger partial charge < -0.3 is 9.64 Å². The Kier molecular flexibility index (Phi) is 5.22. The van der Waals surface area contributed by atoms with Crippen LogP contribution in [0.3, 0.4) is 0 Å². The fourth-order valence-corrected chi connectivity index (χ4v) is 4.59. The Morgan fingerprint density at radius 1 is 1.17 bits per heavy atom. The molecule has 7 heteroatoms. The summed E-state index contributed by atoms with van der Waals surface area (Å²) in [6.07, 6.45) is 2.22. The minimum atomic E-state index is -3.49. The first-order valence-electron chi connectivity index (χ1n) is 8.52. The molecule has 1 aromatic rings. The number of ether oxygens (including phenoxy) is 1. The Labute approximate surface area is 143 Å². The molecular formula is C17H24N2O4S. The minimum absolute atomic E-state index is 0.00292. The zero-order valence-electron chi connectivity index (χ0n) is 14.0. The molecule has 2 fully saturated rings. The SMILES string of the molecule is CCc1ccc(S(=O)(=O)N2CCN(C(=O)[C@@H]3CCCO3)CC2)cc1. The van der Waals surface area contributed by atoms with Gasteiger partial charge in [0, 0.05) is 32.8 Å². The first-order valence-corrected chi connectivity index (χ1v) is 9.96. The van der Waals surface area contributed by atoms with Crippen molar-refractivity contribution in [1.29, 1.82) is 0 Å². The fraction of sp³-hybridized carbons (Fsp3) is 0.588. The van der Waals surface area contributed by atoms with Gasteiger partial charge in [0.2, 0.25) is 10.0 Å². The molecule has 0 radical (unpaired) electrons. The third-order valence-corrected chi connectivity index (χ3v) is 6.64. The third-order valence-electron chi connectivity index (χ3n) is 4.72. The van der Waals surface area contributed by atoms with Gasteiger partial charge in [0.05, 0.1) is 4.90 Å². The van der Waals surface area contributed by atoms with Crippen molar-refractivity contribution in [2.24, 2.45) is 0 Å². The van der Waals surface area contributed by atoms with Gasteiger partial charge in [-0.05, 0) is 37.0 Å². The highest BCUT2D eigenvalue weighted by atomic mass is 32.2. The average molecular weight is 352 g/mol. The zero-order chi connectivity index (χ0) is 17.2. The molecule has 0 N–H and O–H groups in total. The number of piperazine rings is 1. The number of nitrogens with zero attached hydrogens (tertiary/aromatic N) is 2. The second-order valence-corrected chi connectivity index (χ2v) is 8.17. The quantitative estimate of drug-likeness (QED) is 0.818. The molecule has 2 aliphatic heterocycles. The van der Waals surface area contributed by atoms with Gasteiger partial charge in [-0.1, -0.05) is 19.1 Å². The van der Waals surface area contributed by atoms with Crippen LogP contribution in [0.5, 0.6) is 0 Å². The lowest BCUT2D eigenvalue weighted by molar-refractivity contribution is -0.142. The summed E-state index contributed by atoms with van der Waals surface area (Å²) in [5.74, 6) is -0.00292. The van der Waals surface area contributed by atoms with E-state index in [1.54, 1.807) is 17.0 Å². The Balaban J connectivity index is 1.63. The van der Waals surface area contributed by atoms with Crippen LogP contribution in [-0.2, 0) is 26.0 Å². The molecule has 0 unspecified atom stereocenters. The van der Waals surface area contributed by atoms with Crippen LogP contribution in [0.25, 0.3) is 0 Å². The van der Waals surface area contributed by atoms with Gasteiger partial charge in [-0.25, -0.2) is 8.42 Å². The van der Waals surface area contributed by atoms with Crippen molar-refractivity contribution in [3.8, 4) is 0 Å². The molecular weight excluding hydrogens is 328 g/mol. The lowest BCUT2D eigenvalue weighted by atomic mass is 10.2. The van der Waals surface area contributed by atoms with E-state index in [-0.39, 0.29) is 12.0 Å². The van der Waals surface area contributed by atoms with E-state index in [4.69, 9.17) is 4.74 Å². The third kappa shape index (κ3) is 3.48. The molecule has 1 atom stereocenters. The van der Waals surface area contributed by atoms with Crippen LogP contribution in [0.4, 0.5) is 0 Å². The number of carbonyl (C=O) groups is 1. The number of rotatable bonds is 4. The lowest BCUT2D eigenvalue weighted by Crippen LogP contribution is -2.52. The predicted octanol–water partition coefficient (Wildman–Crippen LogP) is 1.26. The Hall–Kier alpha value is -1.44. The summed E-state index contributed by atoms with van der Waals surface area (Å²) in [6.45, 7) is 4.18. The van der Waals surface area contributed by atoms with Gasteiger partial charge in [0.1, 0.15) is 6.10 Å². The van der Waals surface area contributed by atoms with E-state index in [1.165, 1.54) is 4.31 Å².